The van der Waals surface area contributed by atoms with Gasteiger partial charge < -0.3 is 10.1 Å². The summed E-state index contributed by atoms with van der Waals surface area (Å²) in [6.45, 7) is 3.47. The number of hydrogen-bond donors (Lipinski definition) is 1. The van der Waals surface area contributed by atoms with Crippen LogP contribution in [0.3, 0.4) is 0 Å². The lowest BCUT2D eigenvalue weighted by atomic mass is 10.1. The smallest absolute Gasteiger partial charge is 0.341 e. The van der Waals surface area contributed by atoms with Gasteiger partial charge in [-0.2, -0.15) is 0 Å². The predicted molar refractivity (Wildman–Crippen MR) is 107 cm³/mol. The summed E-state index contributed by atoms with van der Waals surface area (Å²) >= 11 is 1.36. The Balaban J connectivity index is 1.59. The first-order valence-corrected chi connectivity index (χ1v) is 10.3. The van der Waals surface area contributed by atoms with E-state index in [4.69, 9.17) is 4.74 Å². The predicted octanol–water partition coefficient (Wildman–Crippen LogP) is 3.04. The number of ether oxygens (including phenoxy) is 1. The molecule has 7 nitrogen and oxygen atoms in total. The van der Waals surface area contributed by atoms with Gasteiger partial charge in [-0.05, 0) is 50.8 Å². The van der Waals surface area contributed by atoms with Crippen molar-refractivity contribution in [3.8, 4) is 0 Å². The maximum atomic E-state index is 12.9. The molecule has 2 aromatic rings. The van der Waals surface area contributed by atoms with E-state index >= 15 is 0 Å². The lowest BCUT2D eigenvalue weighted by Gasteiger charge is -2.21. The maximum absolute atomic E-state index is 12.9. The first kappa shape index (κ1) is 19.3. The number of nitrogens with zero attached hydrogens (tertiary/aromatic N) is 1. The molecule has 0 bridgehead atoms. The van der Waals surface area contributed by atoms with Crippen molar-refractivity contribution in [1.29, 1.82) is 0 Å². The summed E-state index contributed by atoms with van der Waals surface area (Å²) in [5.74, 6) is -1.97. The van der Waals surface area contributed by atoms with E-state index in [1.807, 2.05) is 0 Å². The Morgan fingerprint density at radius 1 is 1.17 bits per heavy atom. The zero-order valence-corrected chi connectivity index (χ0v) is 16.9. The molecule has 1 atom stereocenters. The molecule has 1 aromatic carbocycles. The van der Waals surface area contributed by atoms with Crippen molar-refractivity contribution in [3.63, 3.8) is 0 Å². The second kappa shape index (κ2) is 7.44. The molecular weight excluding hydrogens is 392 g/mol. The van der Waals surface area contributed by atoms with E-state index in [2.05, 4.69) is 5.32 Å². The molecule has 1 aliphatic carbocycles. The van der Waals surface area contributed by atoms with Gasteiger partial charge >= 0.3 is 5.97 Å². The number of benzene rings is 1. The van der Waals surface area contributed by atoms with E-state index in [0.717, 1.165) is 34.6 Å². The Morgan fingerprint density at radius 3 is 2.45 bits per heavy atom. The van der Waals surface area contributed by atoms with Crippen LogP contribution in [0.1, 0.15) is 61.8 Å². The van der Waals surface area contributed by atoms with Crippen LogP contribution in [-0.4, -0.2) is 41.2 Å². The molecule has 0 saturated carbocycles. The lowest BCUT2D eigenvalue weighted by Crippen LogP contribution is -2.45. The molecular formula is C21H20N2O5S. The van der Waals surface area contributed by atoms with Crippen molar-refractivity contribution >= 4 is 40.0 Å². The minimum atomic E-state index is -1.02. The molecule has 4 rings (SSSR count). The first-order valence-electron chi connectivity index (χ1n) is 9.53. The van der Waals surface area contributed by atoms with Gasteiger partial charge in [-0.1, -0.05) is 12.1 Å². The number of carbonyl (C=O) groups excluding carboxylic acids is 4. The summed E-state index contributed by atoms with van der Waals surface area (Å²) < 4.78 is 5.17. The lowest BCUT2D eigenvalue weighted by molar-refractivity contribution is -0.119. The number of aryl methyl sites for hydroxylation is 1. The molecule has 0 saturated heterocycles. The number of amides is 3. The van der Waals surface area contributed by atoms with Crippen molar-refractivity contribution in [3.05, 3.63) is 51.4 Å². The number of rotatable bonds is 5. The number of hydrogen-bond acceptors (Lipinski definition) is 6. The van der Waals surface area contributed by atoms with Crippen molar-refractivity contribution in [1.82, 2.24) is 4.90 Å². The molecule has 1 N–H and O–H groups in total. The number of imide groups is 1. The number of esters is 1. The van der Waals surface area contributed by atoms with Gasteiger partial charge in [0, 0.05) is 4.88 Å². The third-order valence-corrected chi connectivity index (χ3v) is 6.44. The minimum absolute atomic E-state index is 0.238. The SMILES string of the molecule is CCOC(=O)c1c(NC(=O)[C@@H](C)N2C(=O)c3ccccc3C2=O)sc2c1CCC2. The first-order chi connectivity index (χ1) is 13.9. The average molecular weight is 412 g/mol. The van der Waals surface area contributed by atoms with E-state index in [1.165, 1.54) is 18.3 Å². The highest BCUT2D eigenvalue weighted by Gasteiger charge is 2.41. The number of thiophene rings is 1. The van der Waals surface area contributed by atoms with Crippen molar-refractivity contribution < 1.29 is 23.9 Å². The minimum Gasteiger partial charge on any atom is -0.462 e. The van der Waals surface area contributed by atoms with E-state index in [9.17, 15) is 19.2 Å². The molecule has 0 radical (unpaired) electrons. The van der Waals surface area contributed by atoms with E-state index in [-0.39, 0.29) is 6.61 Å². The van der Waals surface area contributed by atoms with Gasteiger partial charge in [0.05, 0.1) is 23.3 Å². The van der Waals surface area contributed by atoms with Crippen molar-refractivity contribution in [2.24, 2.45) is 0 Å². The second-order valence-corrected chi connectivity index (χ2v) is 8.08. The molecule has 2 heterocycles. The van der Waals surface area contributed by atoms with Crippen LogP contribution in [0, 0.1) is 0 Å². The largest absolute Gasteiger partial charge is 0.462 e. The van der Waals surface area contributed by atoms with Crippen LogP contribution in [0.15, 0.2) is 24.3 Å². The monoisotopic (exact) mass is 412 g/mol. The summed E-state index contributed by atoms with van der Waals surface area (Å²) in [6.07, 6.45) is 2.59. The number of anilines is 1. The zero-order valence-electron chi connectivity index (χ0n) is 16.1. The highest BCUT2D eigenvalue weighted by atomic mass is 32.1. The quantitative estimate of drug-likeness (QED) is 0.602. The summed E-state index contributed by atoms with van der Waals surface area (Å²) in [6, 6.07) is 5.48. The van der Waals surface area contributed by atoms with E-state index in [1.54, 1.807) is 31.2 Å². The van der Waals surface area contributed by atoms with Crippen molar-refractivity contribution in [2.75, 3.05) is 11.9 Å². The molecule has 0 spiro atoms. The highest BCUT2D eigenvalue weighted by Crippen LogP contribution is 2.39. The Hall–Kier alpha value is -3.00. The van der Waals surface area contributed by atoms with Gasteiger partial charge in [0.25, 0.3) is 11.8 Å². The zero-order chi connectivity index (χ0) is 20.7. The van der Waals surface area contributed by atoms with E-state index in [0.29, 0.717) is 21.7 Å². The Labute approximate surface area is 171 Å². The molecule has 0 unspecified atom stereocenters. The molecule has 1 aromatic heterocycles. The fourth-order valence-corrected chi connectivity index (χ4v) is 5.09. The standard InChI is InChI=1S/C21H20N2O5S/c1-3-28-21(27)16-14-9-6-10-15(14)29-18(16)22-17(24)11(2)23-19(25)12-7-4-5-8-13(12)20(23)26/h4-5,7-8,11H,3,6,9-10H2,1-2H3,(H,22,24)/t11-/m1/s1. The van der Waals surface area contributed by atoms with Crippen LogP contribution < -0.4 is 5.32 Å². The summed E-state index contributed by atoms with van der Waals surface area (Å²) in [5.41, 5.74) is 1.91. The summed E-state index contributed by atoms with van der Waals surface area (Å²) in [4.78, 5) is 52.7. The molecule has 3 amide bonds. The Morgan fingerprint density at radius 2 is 1.83 bits per heavy atom. The van der Waals surface area contributed by atoms with Crippen LogP contribution in [0.5, 0.6) is 0 Å². The van der Waals surface area contributed by atoms with Crippen LogP contribution in [0.25, 0.3) is 0 Å². The number of carbonyl (C=O) groups is 4. The van der Waals surface area contributed by atoms with Gasteiger partial charge in [-0.15, -0.1) is 11.3 Å². The van der Waals surface area contributed by atoms with Crippen LogP contribution in [0.2, 0.25) is 0 Å². The van der Waals surface area contributed by atoms with Gasteiger partial charge in [-0.3, -0.25) is 19.3 Å². The van der Waals surface area contributed by atoms with Gasteiger partial charge in [0.1, 0.15) is 11.0 Å². The van der Waals surface area contributed by atoms with E-state index < -0.39 is 29.7 Å². The van der Waals surface area contributed by atoms with Gasteiger partial charge in [-0.25, -0.2) is 4.79 Å². The third-order valence-electron chi connectivity index (χ3n) is 5.23. The van der Waals surface area contributed by atoms with Crippen LogP contribution in [0.4, 0.5) is 5.00 Å². The number of fused-ring (bicyclic) bond motifs is 2. The fraction of sp³-hybridized carbons (Fsp3) is 0.333. The third kappa shape index (κ3) is 3.13. The molecule has 150 valence electrons. The van der Waals surface area contributed by atoms with Crippen LogP contribution in [-0.2, 0) is 22.4 Å². The Bertz CT molecular complexity index is 1010. The van der Waals surface area contributed by atoms with Crippen LogP contribution >= 0.6 is 11.3 Å². The topological polar surface area (TPSA) is 92.8 Å². The fourth-order valence-electron chi connectivity index (χ4n) is 3.80. The maximum Gasteiger partial charge on any atom is 0.341 e. The second-order valence-electron chi connectivity index (χ2n) is 6.97. The summed E-state index contributed by atoms with van der Waals surface area (Å²) in [7, 11) is 0. The van der Waals surface area contributed by atoms with Gasteiger partial charge in [0.2, 0.25) is 5.91 Å². The highest BCUT2D eigenvalue weighted by molar-refractivity contribution is 7.17. The molecule has 2 aliphatic rings. The molecule has 1 aliphatic heterocycles. The summed E-state index contributed by atoms with van der Waals surface area (Å²) in [5, 5.41) is 3.17. The van der Waals surface area contributed by atoms with Crippen molar-refractivity contribution in [2.45, 2.75) is 39.2 Å². The molecule has 0 fully saturated rings. The average Bonchev–Trinajstić information content (AvgIpc) is 3.34. The molecule has 8 heteroatoms. The Kier molecular flexibility index (Phi) is 4.96. The molecule has 29 heavy (non-hydrogen) atoms. The number of nitrogens with one attached hydrogen (secondary N) is 1. The normalized spacial score (nSPS) is 15.9. The van der Waals surface area contributed by atoms with Gasteiger partial charge in [0.15, 0.2) is 0 Å².